The van der Waals surface area contributed by atoms with E-state index < -0.39 is 7.60 Å². The molecular formula is C18H27N2O3PS. The lowest BCUT2D eigenvalue weighted by molar-refractivity contribution is 0.144. The zero-order valence-corrected chi connectivity index (χ0v) is 17.4. The van der Waals surface area contributed by atoms with Crippen LogP contribution in [0.4, 0.5) is 0 Å². The molecule has 5 nitrogen and oxygen atoms in total. The Morgan fingerprint density at radius 1 is 1.16 bits per heavy atom. The van der Waals surface area contributed by atoms with E-state index in [1.807, 2.05) is 65.8 Å². The van der Waals surface area contributed by atoms with Crippen molar-refractivity contribution >= 4 is 30.4 Å². The molecule has 0 unspecified atom stereocenters. The van der Waals surface area contributed by atoms with E-state index in [2.05, 4.69) is 9.97 Å². The zero-order chi connectivity index (χ0) is 18.6. The van der Waals surface area contributed by atoms with Gasteiger partial charge in [0.15, 0.2) is 5.16 Å². The molecule has 0 spiro atoms. The number of nitrogens with zero attached hydrogens (tertiary/aromatic N) is 1. The Bertz CT molecular complexity index is 747. The largest absolute Gasteiger partial charge is 0.336 e. The number of imidazole rings is 1. The molecule has 0 aliphatic rings. The summed E-state index contributed by atoms with van der Waals surface area (Å²) in [4.78, 5) is 8.83. The van der Waals surface area contributed by atoms with Gasteiger partial charge in [-0.05, 0) is 53.7 Å². The van der Waals surface area contributed by atoms with Crippen molar-refractivity contribution in [2.24, 2.45) is 0 Å². The van der Waals surface area contributed by atoms with Crippen molar-refractivity contribution in [2.75, 3.05) is 6.16 Å². The van der Waals surface area contributed by atoms with Gasteiger partial charge >= 0.3 is 7.60 Å². The third-order valence-corrected chi connectivity index (χ3v) is 6.81. The van der Waals surface area contributed by atoms with Gasteiger partial charge in [0.05, 0.1) is 29.4 Å². The summed E-state index contributed by atoms with van der Waals surface area (Å²) in [7, 11) is -3.23. The lowest BCUT2D eigenvalue weighted by atomic mass is 10.3. The van der Waals surface area contributed by atoms with Crippen molar-refractivity contribution in [3.8, 4) is 0 Å². The number of thioether (sulfide) groups is 1. The highest BCUT2D eigenvalue weighted by molar-refractivity contribution is 8.03. The first-order chi connectivity index (χ1) is 11.7. The molecule has 2 aromatic rings. The zero-order valence-electron chi connectivity index (χ0n) is 15.7. The number of H-pyrrole nitrogens is 1. The van der Waals surface area contributed by atoms with Gasteiger partial charge in [0.1, 0.15) is 0 Å². The van der Waals surface area contributed by atoms with Crippen LogP contribution in [0.1, 0.15) is 41.5 Å². The summed E-state index contributed by atoms with van der Waals surface area (Å²) >= 11 is 1.48. The fourth-order valence-electron chi connectivity index (χ4n) is 2.30. The topological polar surface area (TPSA) is 64.2 Å². The number of hydrogen-bond donors (Lipinski definition) is 1. The summed E-state index contributed by atoms with van der Waals surface area (Å²) in [6.45, 7) is 11.5. The lowest BCUT2D eigenvalue weighted by Gasteiger charge is -2.24. The van der Waals surface area contributed by atoms with Crippen LogP contribution in [0.5, 0.6) is 0 Å². The smallest absolute Gasteiger partial charge is 0.333 e. The molecule has 0 radical (unpaired) electrons. The first-order valence-corrected chi connectivity index (χ1v) is 11.0. The molecule has 0 atom stereocenters. The highest BCUT2D eigenvalue weighted by Gasteiger charge is 2.30. The van der Waals surface area contributed by atoms with Crippen molar-refractivity contribution < 1.29 is 13.6 Å². The predicted molar refractivity (Wildman–Crippen MR) is 105 cm³/mol. The standard InChI is InChI=1S/C18H27N2O3PS/c1-12(2)17(11-24(21,22-13(3)4)23-14(5)6)25-18-19-15-9-7-8-10-16(15)20-18/h7-10,13-14H,11H2,1-6H3,(H,19,20). The second-order valence-corrected chi connectivity index (χ2v) is 9.70. The lowest BCUT2D eigenvalue weighted by Crippen LogP contribution is -2.11. The quantitative estimate of drug-likeness (QED) is 0.449. The Hall–Kier alpha value is -1.07. The van der Waals surface area contributed by atoms with Crippen LogP contribution in [0.15, 0.2) is 39.9 Å². The minimum atomic E-state index is -3.23. The SMILES string of the molecule is CC(C)=C(CP(=O)(OC(C)C)OC(C)C)Sc1nc2ccccc2[nH]1. The number of allylic oxidation sites excluding steroid dienone is 2. The molecule has 0 saturated carbocycles. The van der Waals surface area contributed by atoms with Crippen LogP contribution in [-0.4, -0.2) is 28.3 Å². The molecule has 1 aromatic heterocycles. The molecule has 7 heteroatoms. The van der Waals surface area contributed by atoms with Gasteiger partial charge in [0.2, 0.25) is 0 Å². The summed E-state index contributed by atoms with van der Waals surface area (Å²) in [5.74, 6) is 0. The molecule has 1 aromatic carbocycles. The molecule has 0 bridgehead atoms. The summed E-state index contributed by atoms with van der Waals surface area (Å²) in [6, 6.07) is 7.88. The maximum absolute atomic E-state index is 13.2. The van der Waals surface area contributed by atoms with Crippen molar-refractivity contribution in [1.82, 2.24) is 9.97 Å². The van der Waals surface area contributed by atoms with Gasteiger partial charge in [-0.1, -0.05) is 29.5 Å². The van der Waals surface area contributed by atoms with E-state index in [1.165, 1.54) is 11.8 Å². The number of para-hydroxylation sites is 2. The number of aromatic amines is 1. The van der Waals surface area contributed by atoms with Crippen LogP contribution < -0.4 is 0 Å². The number of benzene rings is 1. The van der Waals surface area contributed by atoms with E-state index in [1.54, 1.807) is 0 Å². The van der Waals surface area contributed by atoms with Gasteiger partial charge in [-0.25, -0.2) is 4.98 Å². The minimum absolute atomic E-state index is 0.167. The Morgan fingerprint density at radius 3 is 2.28 bits per heavy atom. The molecule has 25 heavy (non-hydrogen) atoms. The van der Waals surface area contributed by atoms with Crippen LogP contribution in [0, 0.1) is 0 Å². The molecule has 0 fully saturated rings. The second kappa shape index (κ2) is 8.54. The van der Waals surface area contributed by atoms with E-state index in [9.17, 15) is 4.57 Å². The minimum Gasteiger partial charge on any atom is -0.333 e. The third kappa shape index (κ3) is 6.00. The van der Waals surface area contributed by atoms with Gasteiger partial charge in [-0.2, -0.15) is 0 Å². The van der Waals surface area contributed by atoms with Crippen LogP contribution in [0.2, 0.25) is 0 Å². The summed E-state index contributed by atoms with van der Waals surface area (Å²) < 4.78 is 24.6. The van der Waals surface area contributed by atoms with E-state index in [0.717, 1.165) is 26.7 Å². The Balaban J connectivity index is 2.24. The molecule has 0 saturated heterocycles. The average molecular weight is 382 g/mol. The number of nitrogens with one attached hydrogen (secondary N) is 1. The van der Waals surface area contributed by atoms with Gasteiger partial charge < -0.3 is 14.0 Å². The van der Waals surface area contributed by atoms with Crippen LogP contribution in [-0.2, 0) is 13.6 Å². The monoisotopic (exact) mass is 382 g/mol. The van der Waals surface area contributed by atoms with Crippen LogP contribution in [0.25, 0.3) is 11.0 Å². The van der Waals surface area contributed by atoms with E-state index in [0.29, 0.717) is 0 Å². The molecule has 0 amide bonds. The molecule has 2 rings (SSSR count). The molecule has 1 heterocycles. The number of aromatic nitrogens is 2. The highest BCUT2D eigenvalue weighted by Crippen LogP contribution is 2.54. The summed E-state index contributed by atoms with van der Waals surface area (Å²) in [5, 5.41) is 0.776. The van der Waals surface area contributed by atoms with Crippen molar-refractivity contribution in [3.63, 3.8) is 0 Å². The van der Waals surface area contributed by atoms with Gasteiger partial charge in [-0.3, -0.25) is 4.57 Å². The first kappa shape index (κ1) is 20.2. The molecule has 1 N–H and O–H groups in total. The normalized spacial score (nSPS) is 12.3. The Labute approximate surface area is 154 Å². The number of rotatable bonds is 8. The maximum Gasteiger partial charge on any atom is 0.336 e. The summed E-state index contributed by atoms with van der Waals surface area (Å²) in [5.41, 5.74) is 2.97. The molecular weight excluding hydrogens is 355 g/mol. The maximum atomic E-state index is 13.2. The van der Waals surface area contributed by atoms with Crippen LogP contribution >= 0.6 is 19.4 Å². The fraction of sp³-hybridized carbons (Fsp3) is 0.500. The van der Waals surface area contributed by atoms with Crippen molar-refractivity contribution in [2.45, 2.75) is 58.9 Å². The van der Waals surface area contributed by atoms with E-state index >= 15 is 0 Å². The fourth-order valence-corrected chi connectivity index (χ4v) is 5.93. The van der Waals surface area contributed by atoms with E-state index in [-0.39, 0.29) is 18.4 Å². The van der Waals surface area contributed by atoms with Crippen molar-refractivity contribution in [1.29, 1.82) is 0 Å². The van der Waals surface area contributed by atoms with Gasteiger partial charge in [0, 0.05) is 4.91 Å². The summed E-state index contributed by atoms with van der Waals surface area (Å²) in [6.07, 6.45) is -0.0914. The second-order valence-electron chi connectivity index (χ2n) is 6.66. The number of hydrogen-bond acceptors (Lipinski definition) is 5. The first-order valence-electron chi connectivity index (χ1n) is 8.43. The third-order valence-electron chi connectivity index (χ3n) is 3.23. The Kier molecular flexibility index (Phi) is 6.92. The van der Waals surface area contributed by atoms with E-state index in [4.69, 9.17) is 9.05 Å². The highest BCUT2D eigenvalue weighted by atomic mass is 32.2. The Morgan fingerprint density at radius 2 is 1.76 bits per heavy atom. The molecule has 138 valence electrons. The van der Waals surface area contributed by atoms with Crippen LogP contribution in [0.3, 0.4) is 0 Å². The van der Waals surface area contributed by atoms with Gasteiger partial charge in [-0.15, -0.1) is 0 Å². The molecule has 0 aliphatic carbocycles. The average Bonchev–Trinajstić information content (AvgIpc) is 2.86. The molecule has 0 aliphatic heterocycles. The number of fused-ring (bicyclic) bond motifs is 1. The van der Waals surface area contributed by atoms with Gasteiger partial charge in [0.25, 0.3) is 0 Å². The predicted octanol–water partition coefficient (Wildman–Crippen LogP) is 5.99. The van der Waals surface area contributed by atoms with Crippen molar-refractivity contribution in [3.05, 3.63) is 34.7 Å².